The number of nitrogens with zero attached hydrogens (tertiary/aromatic N) is 1. The van der Waals surface area contributed by atoms with E-state index in [0.29, 0.717) is 31.0 Å². The average Bonchev–Trinajstić information content (AvgIpc) is 2.91. The molecule has 1 heterocycles. The number of carbonyl (C=O) groups is 1. The summed E-state index contributed by atoms with van der Waals surface area (Å²) in [7, 11) is 0. The van der Waals surface area contributed by atoms with E-state index in [-0.39, 0.29) is 17.6 Å². The van der Waals surface area contributed by atoms with E-state index in [1.807, 2.05) is 6.92 Å². The van der Waals surface area contributed by atoms with Gasteiger partial charge in [-0.2, -0.15) is 0 Å². The molecule has 0 bridgehead atoms. The second kappa shape index (κ2) is 6.33. The molecule has 1 unspecified atom stereocenters. The summed E-state index contributed by atoms with van der Waals surface area (Å²) < 4.78 is 5.23. The number of nitro benzene ring substituents is 1. The molecular formula is C13H17N3O4. The van der Waals surface area contributed by atoms with E-state index < -0.39 is 4.92 Å². The zero-order valence-corrected chi connectivity index (χ0v) is 11.2. The van der Waals surface area contributed by atoms with Crippen molar-refractivity contribution in [2.45, 2.75) is 19.4 Å². The van der Waals surface area contributed by atoms with Crippen LogP contribution in [0.1, 0.15) is 23.7 Å². The van der Waals surface area contributed by atoms with Gasteiger partial charge >= 0.3 is 0 Å². The van der Waals surface area contributed by atoms with Crippen LogP contribution in [-0.4, -0.2) is 36.6 Å². The molecule has 0 aromatic heterocycles. The minimum Gasteiger partial charge on any atom is -0.379 e. The molecule has 7 heteroatoms. The van der Waals surface area contributed by atoms with Gasteiger partial charge < -0.3 is 15.4 Å². The van der Waals surface area contributed by atoms with Gasteiger partial charge in [-0.3, -0.25) is 14.9 Å². The summed E-state index contributed by atoms with van der Waals surface area (Å²) in [6.07, 6.45) is 0.794. The molecule has 0 saturated carbocycles. The second-order valence-corrected chi connectivity index (χ2v) is 4.55. The van der Waals surface area contributed by atoms with Gasteiger partial charge in [-0.1, -0.05) is 0 Å². The van der Waals surface area contributed by atoms with E-state index in [4.69, 9.17) is 4.74 Å². The fourth-order valence-corrected chi connectivity index (χ4v) is 2.08. The maximum atomic E-state index is 11.8. The maximum Gasteiger partial charge on any atom is 0.292 e. The SMILES string of the molecule is CCNC(=O)c1ccc([N+](=O)[O-])c(NC2CCOC2)c1. The van der Waals surface area contributed by atoms with Crippen molar-refractivity contribution in [1.82, 2.24) is 5.32 Å². The van der Waals surface area contributed by atoms with Gasteiger partial charge in [-0.25, -0.2) is 0 Å². The minimum atomic E-state index is -0.459. The molecular weight excluding hydrogens is 262 g/mol. The second-order valence-electron chi connectivity index (χ2n) is 4.55. The molecule has 1 aromatic carbocycles. The number of carbonyl (C=O) groups excluding carboxylic acids is 1. The predicted octanol–water partition coefficient (Wildman–Crippen LogP) is 1.55. The van der Waals surface area contributed by atoms with Gasteiger partial charge in [0.25, 0.3) is 11.6 Å². The van der Waals surface area contributed by atoms with Crippen LogP contribution in [-0.2, 0) is 4.74 Å². The molecule has 20 heavy (non-hydrogen) atoms. The fourth-order valence-electron chi connectivity index (χ4n) is 2.08. The Morgan fingerprint density at radius 2 is 2.35 bits per heavy atom. The summed E-state index contributed by atoms with van der Waals surface area (Å²) in [5.74, 6) is -0.242. The van der Waals surface area contributed by atoms with Crippen LogP contribution in [0.4, 0.5) is 11.4 Å². The van der Waals surface area contributed by atoms with Gasteiger partial charge in [-0.15, -0.1) is 0 Å². The Morgan fingerprint density at radius 3 is 2.95 bits per heavy atom. The largest absolute Gasteiger partial charge is 0.379 e. The van der Waals surface area contributed by atoms with Crippen molar-refractivity contribution in [1.29, 1.82) is 0 Å². The summed E-state index contributed by atoms with van der Waals surface area (Å²) in [6, 6.07) is 4.36. The third-order valence-electron chi connectivity index (χ3n) is 3.08. The summed E-state index contributed by atoms with van der Waals surface area (Å²) in [6.45, 7) is 3.48. The highest BCUT2D eigenvalue weighted by atomic mass is 16.6. The molecule has 1 amide bonds. The molecule has 0 radical (unpaired) electrons. The van der Waals surface area contributed by atoms with E-state index in [2.05, 4.69) is 10.6 Å². The Labute approximate surface area is 116 Å². The minimum absolute atomic E-state index is 0.0371. The van der Waals surface area contributed by atoms with Crippen molar-refractivity contribution < 1.29 is 14.5 Å². The third kappa shape index (κ3) is 3.24. The van der Waals surface area contributed by atoms with Crippen LogP contribution in [0.5, 0.6) is 0 Å². The van der Waals surface area contributed by atoms with Crippen LogP contribution >= 0.6 is 0 Å². The molecule has 0 aliphatic carbocycles. The van der Waals surface area contributed by atoms with Crippen molar-refractivity contribution in [3.05, 3.63) is 33.9 Å². The zero-order valence-electron chi connectivity index (χ0n) is 11.2. The van der Waals surface area contributed by atoms with Crippen molar-refractivity contribution in [3.63, 3.8) is 0 Å². The Kier molecular flexibility index (Phi) is 4.52. The Balaban J connectivity index is 2.26. The molecule has 1 atom stereocenters. The third-order valence-corrected chi connectivity index (χ3v) is 3.08. The number of nitro groups is 1. The van der Waals surface area contributed by atoms with Crippen LogP contribution in [0, 0.1) is 10.1 Å². The number of hydrogen-bond acceptors (Lipinski definition) is 5. The average molecular weight is 279 g/mol. The normalized spacial score (nSPS) is 17.8. The van der Waals surface area contributed by atoms with Gasteiger partial charge in [0.2, 0.25) is 0 Å². The number of benzene rings is 1. The van der Waals surface area contributed by atoms with Crippen LogP contribution in [0.3, 0.4) is 0 Å². The first-order valence-corrected chi connectivity index (χ1v) is 6.52. The van der Waals surface area contributed by atoms with Crippen molar-refractivity contribution >= 4 is 17.3 Å². The maximum absolute atomic E-state index is 11.8. The Hall–Kier alpha value is -2.15. The first-order valence-electron chi connectivity index (χ1n) is 6.52. The molecule has 1 aliphatic rings. The van der Waals surface area contributed by atoms with Gasteiger partial charge in [-0.05, 0) is 25.5 Å². The summed E-state index contributed by atoms with van der Waals surface area (Å²) >= 11 is 0. The van der Waals surface area contributed by atoms with Gasteiger partial charge in [0.15, 0.2) is 0 Å². The molecule has 1 aliphatic heterocycles. The lowest BCUT2D eigenvalue weighted by molar-refractivity contribution is -0.384. The first kappa shape index (κ1) is 14.3. The van der Waals surface area contributed by atoms with Gasteiger partial charge in [0, 0.05) is 24.8 Å². The zero-order chi connectivity index (χ0) is 14.5. The lowest BCUT2D eigenvalue weighted by Gasteiger charge is -2.13. The van der Waals surface area contributed by atoms with Crippen molar-refractivity contribution in [3.8, 4) is 0 Å². The number of anilines is 1. The molecule has 2 rings (SSSR count). The highest BCUT2D eigenvalue weighted by Gasteiger charge is 2.21. The fraction of sp³-hybridized carbons (Fsp3) is 0.462. The number of nitrogens with one attached hydrogen (secondary N) is 2. The number of rotatable bonds is 5. The molecule has 1 fully saturated rings. The molecule has 1 aromatic rings. The summed E-state index contributed by atoms with van der Waals surface area (Å²) in [5, 5.41) is 16.8. The van der Waals surface area contributed by atoms with Crippen LogP contribution < -0.4 is 10.6 Å². The number of ether oxygens (including phenoxy) is 1. The Bertz CT molecular complexity index is 512. The highest BCUT2D eigenvalue weighted by molar-refractivity contribution is 5.95. The highest BCUT2D eigenvalue weighted by Crippen LogP contribution is 2.27. The van der Waals surface area contributed by atoms with Crippen molar-refractivity contribution in [2.24, 2.45) is 0 Å². The lowest BCUT2D eigenvalue weighted by Crippen LogP contribution is -2.24. The lowest BCUT2D eigenvalue weighted by atomic mass is 10.1. The Morgan fingerprint density at radius 1 is 1.55 bits per heavy atom. The van der Waals surface area contributed by atoms with E-state index in [1.54, 1.807) is 0 Å². The van der Waals surface area contributed by atoms with Crippen LogP contribution in [0.25, 0.3) is 0 Å². The number of hydrogen-bond donors (Lipinski definition) is 2. The number of amides is 1. The first-order chi connectivity index (χ1) is 9.61. The van der Waals surface area contributed by atoms with E-state index in [1.165, 1.54) is 18.2 Å². The topological polar surface area (TPSA) is 93.5 Å². The van der Waals surface area contributed by atoms with Gasteiger partial charge in [0.1, 0.15) is 5.69 Å². The quantitative estimate of drug-likeness (QED) is 0.630. The summed E-state index contributed by atoms with van der Waals surface area (Å²) in [4.78, 5) is 22.4. The predicted molar refractivity (Wildman–Crippen MR) is 74.0 cm³/mol. The van der Waals surface area contributed by atoms with E-state index in [0.717, 1.165) is 6.42 Å². The van der Waals surface area contributed by atoms with E-state index >= 15 is 0 Å². The van der Waals surface area contributed by atoms with E-state index in [9.17, 15) is 14.9 Å². The summed E-state index contributed by atoms with van der Waals surface area (Å²) in [5.41, 5.74) is 0.720. The monoisotopic (exact) mass is 279 g/mol. The van der Waals surface area contributed by atoms with Crippen LogP contribution in [0.15, 0.2) is 18.2 Å². The standard InChI is InChI=1S/C13H17N3O4/c1-2-14-13(17)9-3-4-12(16(18)19)11(7-9)15-10-5-6-20-8-10/h3-4,7,10,15H,2,5-6,8H2,1H3,(H,14,17). The van der Waals surface area contributed by atoms with Crippen LogP contribution in [0.2, 0.25) is 0 Å². The van der Waals surface area contributed by atoms with Gasteiger partial charge in [0.05, 0.1) is 17.6 Å². The van der Waals surface area contributed by atoms with Crippen molar-refractivity contribution in [2.75, 3.05) is 25.1 Å². The molecule has 1 saturated heterocycles. The molecule has 0 spiro atoms. The smallest absolute Gasteiger partial charge is 0.292 e. The molecule has 2 N–H and O–H groups in total. The molecule has 108 valence electrons. The molecule has 7 nitrogen and oxygen atoms in total.